The Hall–Kier alpha value is -2.47. The van der Waals surface area contributed by atoms with Crippen LogP contribution in [0.3, 0.4) is 0 Å². The fraction of sp³-hybridized carbons (Fsp3) is 0.263. The number of amidine groups is 1. The molecule has 0 N–H and O–H groups in total. The number of sulfonamides is 1. The molecule has 0 aromatic heterocycles. The molecule has 0 amide bonds. The predicted octanol–water partition coefficient (Wildman–Crippen LogP) is 3.31. The minimum absolute atomic E-state index is 0.0585. The van der Waals surface area contributed by atoms with E-state index < -0.39 is 15.8 Å². The molecule has 0 atom stereocenters. The van der Waals surface area contributed by atoms with Crippen LogP contribution in [0.5, 0.6) is 0 Å². The average molecular weight is 358 g/mol. The maximum atomic E-state index is 12.8. The van der Waals surface area contributed by atoms with Crippen LogP contribution in [0.4, 0.5) is 0 Å². The van der Waals surface area contributed by atoms with E-state index in [1.165, 1.54) is 12.1 Å². The number of likely N-dealkylation sites (N-methyl/N-ethyl adjacent to an activating group) is 1. The van der Waals surface area contributed by atoms with Crippen molar-refractivity contribution in [2.75, 3.05) is 13.1 Å². The van der Waals surface area contributed by atoms with Gasteiger partial charge in [0.15, 0.2) is 5.84 Å². The molecule has 6 heteroatoms. The van der Waals surface area contributed by atoms with Crippen LogP contribution in [-0.4, -0.2) is 38.0 Å². The first-order chi connectivity index (χ1) is 11.9. The van der Waals surface area contributed by atoms with Gasteiger partial charge >= 0.3 is 0 Å². The highest BCUT2D eigenvalue weighted by atomic mass is 32.2. The molecule has 0 spiro atoms. The van der Waals surface area contributed by atoms with Gasteiger partial charge < -0.3 is 4.90 Å². The van der Waals surface area contributed by atoms with Gasteiger partial charge in [-0.2, -0.15) is 8.42 Å². The molecule has 0 saturated heterocycles. The minimum Gasteiger partial charge on any atom is -0.353 e. The van der Waals surface area contributed by atoms with E-state index in [2.05, 4.69) is 4.40 Å². The molecule has 132 valence electrons. The molecule has 0 fully saturated rings. The van der Waals surface area contributed by atoms with Crippen molar-refractivity contribution >= 4 is 21.6 Å². The van der Waals surface area contributed by atoms with Crippen LogP contribution in [0.15, 0.2) is 63.9 Å². The van der Waals surface area contributed by atoms with Crippen molar-refractivity contribution in [3.05, 3.63) is 65.7 Å². The van der Waals surface area contributed by atoms with Crippen LogP contribution >= 0.6 is 0 Å². The van der Waals surface area contributed by atoms with E-state index in [1.807, 2.05) is 20.8 Å². The Kier molecular flexibility index (Phi) is 6.09. The van der Waals surface area contributed by atoms with Gasteiger partial charge in [-0.25, -0.2) is 0 Å². The van der Waals surface area contributed by atoms with Crippen molar-refractivity contribution in [3.8, 4) is 0 Å². The highest BCUT2D eigenvalue weighted by molar-refractivity contribution is 7.90. The lowest BCUT2D eigenvalue weighted by Gasteiger charge is -2.21. The van der Waals surface area contributed by atoms with Gasteiger partial charge in [0.25, 0.3) is 10.0 Å². The van der Waals surface area contributed by atoms with E-state index in [-0.39, 0.29) is 10.7 Å². The summed E-state index contributed by atoms with van der Waals surface area (Å²) in [6, 6.07) is 15.0. The maximum absolute atomic E-state index is 12.8. The predicted molar refractivity (Wildman–Crippen MR) is 99.5 cm³/mol. The zero-order valence-electron chi connectivity index (χ0n) is 14.6. The number of hydrogen-bond donors (Lipinski definition) is 0. The standard InChI is InChI=1S/C19H22N2O3S/c1-4-21(5-2)19(18(22)16-9-7-6-8-10-16)20-25(23,24)17-13-11-15(3)12-14-17/h6-14H,4-5H2,1-3H3/b20-19+. The van der Waals surface area contributed by atoms with Crippen molar-refractivity contribution in [3.63, 3.8) is 0 Å². The van der Waals surface area contributed by atoms with Crippen LogP contribution in [0.25, 0.3) is 0 Å². The Morgan fingerprint density at radius 2 is 1.52 bits per heavy atom. The zero-order valence-corrected chi connectivity index (χ0v) is 15.5. The Balaban J connectivity index is 2.53. The van der Waals surface area contributed by atoms with Crippen LogP contribution < -0.4 is 0 Å². The maximum Gasteiger partial charge on any atom is 0.284 e. The monoisotopic (exact) mass is 358 g/mol. The molecule has 2 rings (SSSR count). The molecule has 0 unspecified atom stereocenters. The van der Waals surface area contributed by atoms with E-state index in [0.29, 0.717) is 18.7 Å². The van der Waals surface area contributed by atoms with Crippen molar-refractivity contribution in [1.82, 2.24) is 4.90 Å². The normalized spacial score (nSPS) is 12.0. The van der Waals surface area contributed by atoms with Crippen LogP contribution in [0.1, 0.15) is 29.8 Å². The van der Waals surface area contributed by atoms with E-state index in [1.54, 1.807) is 47.4 Å². The molecular formula is C19H22N2O3S. The summed E-state index contributed by atoms with van der Waals surface area (Å²) < 4.78 is 29.2. The molecule has 0 aliphatic carbocycles. The number of hydrogen-bond acceptors (Lipinski definition) is 3. The second-order valence-corrected chi connectivity index (χ2v) is 7.17. The lowest BCUT2D eigenvalue weighted by atomic mass is 10.1. The summed E-state index contributed by atoms with van der Waals surface area (Å²) in [5.41, 5.74) is 1.36. The number of rotatable bonds is 6. The highest BCUT2D eigenvalue weighted by Gasteiger charge is 2.23. The smallest absolute Gasteiger partial charge is 0.284 e. The minimum atomic E-state index is -3.97. The average Bonchev–Trinajstić information content (AvgIpc) is 2.62. The number of carbonyl (C=O) groups excluding carboxylic acids is 1. The number of benzene rings is 2. The van der Waals surface area contributed by atoms with Gasteiger partial charge in [0.05, 0.1) is 4.90 Å². The molecule has 2 aromatic carbocycles. The topological polar surface area (TPSA) is 66.8 Å². The first-order valence-corrected chi connectivity index (χ1v) is 9.59. The number of nitrogens with zero attached hydrogens (tertiary/aromatic N) is 2. The lowest BCUT2D eigenvalue weighted by molar-refractivity contribution is 0.105. The summed E-state index contributed by atoms with van der Waals surface area (Å²) >= 11 is 0. The van der Waals surface area contributed by atoms with Crippen molar-refractivity contribution < 1.29 is 13.2 Å². The second-order valence-electron chi connectivity index (χ2n) is 5.57. The zero-order chi connectivity index (χ0) is 18.4. The van der Waals surface area contributed by atoms with Gasteiger partial charge in [-0.15, -0.1) is 4.40 Å². The van der Waals surface area contributed by atoms with E-state index in [4.69, 9.17) is 0 Å². The fourth-order valence-corrected chi connectivity index (χ4v) is 3.37. The third-order valence-corrected chi connectivity index (χ3v) is 5.11. The first kappa shape index (κ1) is 18.9. The number of aryl methyl sites for hydroxylation is 1. The number of Topliss-reactive ketones (excluding diaryl/α,β-unsaturated/α-hetero) is 1. The third-order valence-electron chi connectivity index (χ3n) is 3.83. The summed E-state index contributed by atoms with van der Waals surface area (Å²) in [7, 11) is -3.97. The quantitative estimate of drug-likeness (QED) is 0.451. The molecule has 0 radical (unpaired) electrons. The Labute approximate surface area is 149 Å². The molecule has 0 bridgehead atoms. The fourth-order valence-electron chi connectivity index (χ4n) is 2.36. The highest BCUT2D eigenvalue weighted by Crippen LogP contribution is 2.15. The second kappa shape index (κ2) is 8.07. The molecular weight excluding hydrogens is 336 g/mol. The van der Waals surface area contributed by atoms with Gasteiger partial charge in [-0.05, 0) is 32.9 Å². The summed E-state index contributed by atoms with van der Waals surface area (Å²) in [5.74, 6) is -0.461. The summed E-state index contributed by atoms with van der Waals surface area (Å²) in [5, 5.41) is 0. The van der Waals surface area contributed by atoms with Crippen molar-refractivity contribution in [1.29, 1.82) is 0 Å². The number of carbonyl (C=O) groups is 1. The van der Waals surface area contributed by atoms with Gasteiger partial charge in [-0.3, -0.25) is 4.79 Å². The molecule has 2 aromatic rings. The molecule has 5 nitrogen and oxygen atoms in total. The van der Waals surface area contributed by atoms with Gasteiger partial charge in [0, 0.05) is 18.7 Å². The van der Waals surface area contributed by atoms with Crippen LogP contribution in [0, 0.1) is 6.92 Å². The van der Waals surface area contributed by atoms with Crippen LogP contribution in [0.2, 0.25) is 0 Å². The Bertz CT molecular complexity index is 853. The van der Waals surface area contributed by atoms with E-state index in [9.17, 15) is 13.2 Å². The number of ketones is 1. The van der Waals surface area contributed by atoms with Gasteiger partial charge in [0.2, 0.25) is 5.78 Å². The summed E-state index contributed by atoms with van der Waals surface area (Å²) in [6.07, 6.45) is 0. The van der Waals surface area contributed by atoms with E-state index in [0.717, 1.165) is 5.56 Å². The largest absolute Gasteiger partial charge is 0.353 e. The van der Waals surface area contributed by atoms with Gasteiger partial charge in [-0.1, -0.05) is 48.0 Å². The van der Waals surface area contributed by atoms with Gasteiger partial charge in [0.1, 0.15) is 0 Å². The molecule has 0 saturated carbocycles. The lowest BCUT2D eigenvalue weighted by Crippen LogP contribution is -2.37. The Morgan fingerprint density at radius 1 is 0.960 bits per heavy atom. The SMILES string of the molecule is CCN(CC)/C(=N/S(=O)(=O)c1ccc(C)cc1)C(=O)c1ccccc1. The summed E-state index contributed by atoms with van der Waals surface area (Å²) in [4.78, 5) is 14.6. The molecule has 25 heavy (non-hydrogen) atoms. The first-order valence-electron chi connectivity index (χ1n) is 8.15. The summed E-state index contributed by atoms with van der Waals surface area (Å²) in [6.45, 7) is 6.56. The molecule has 0 heterocycles. The molecule has 0 aliphatic heterocycles. The van der Waals surface area contributed by atoms with Crippen LogP contribution in [-0.2, 0) is 10.0 Å². The molecule has 0 aliphatic rings. The van der Waals surface area contributed by atoms with E-state index >= 15 is 0 Å². The van der Waals surface area contributed by atoms with Crippen molar-refractivity contribution in [2.45, 2.75) is 25.7 Å². The Morgan fingerprint density at radius 3 is 2.04 bits per heavy atom. The van der Waals surface area contributed by atoms with Crippen molar-refractivity contribution in [2.24, 2.45) is 4.40 Å². The third kappa shape index (κ3) is 4.54.